The maximum Gasteiger partial charge on any atom is 0.279 e. The van der Waals surface area contributed by atoms with Gasteiger partial charge in [-0.25, -0.2) is 0 Å². The van der Waals surface area contributed by atoms with E-state index in [-0.39, 0.29) is 6.10 Å². The molecule has 6 nitrogen and oxygen atoms in total. The SMILES string of the molecule is CC(C)CN1CCO[C@@H](CNS(=O)(=O)N2CCCCCC2)C1. The zero-order valence-corrected chi connectivity index (χ0v) is 14.8. The molecule has 22 heavy (non-hydrogen) atoms. The number of morpholine rings is 1. The summed E-state index contributed by atoms with van der Waals surface area (Å²) >= 11 is 0. The van der Waals surface area contributed by atoms with E-state index >= 15 is 0 Å². The summed E-state index contributed by atoms with van der Waals surface area (Å²) in [5, 5.41) is 0. The largest absolute Gasteiger partial charge is 0.374 e. The monoisotopic (exact) mass is 333 g/mol. The Hall–Kier alpha value is -0.210. The zero-order valence-electron chi connectivity index (χ0n) is 14.0. The fourth-order valence-electron chi connectivity index (χ4n) is 3.16. The van der Waals surface area contributed by atoms with Crippen LogP contribution in [0, 0.1) is 5.92 Å². The lowest BCUT2D eigenvalue weighted by Crippen LogP contribution is -2.50. The average Bonchev–Trinajstić information content (AvgIpc) is 2.75. The number of nitrogens with one attached hydrogen (secondary N) is 1. The Balaban J connectivity index is 1.80. The number of nitrogens with zero attached hydrogens (tertiary/aromatic N) is 2. The van der Waals surface area contributed by atoms with E-state index in [1.54, 1.807) is 4.31 Å². The second-order valence-corrected chi connectivity index (χ2v) is 8.57. The molecule has 2 fully saturated rings. The summed E-state index contributed by atoms with van der Waals surface area (Å²) in [5.74, 6) is 0.618. The summed E-state index contributed by atoms with van der Waals surface area (Å²) in [6.07, 6.45) is 4.13. The summed E-state index contributed by atoms with van der Waals surface area (Å²) in [6.45, 7) is 9.52. The van der Waals surface area contributed by atoms with Crippen molar-refractivity contribution in [2.75, 3.05) is 45.9 Å². The quantitative estimate of drug-likeness (QED) is 0.789. The van der Waals surface area contributed by atoms with Gasteiger partial charge in [0, 0.05) is 39.3 Å². The zero-order chi connectivity index (χ0) is 16.0. The highest BCUT2D eigenvalue weighted by Gasteiger charge is 2.26. The maximum absolute atomic E-state index is 12.4. The normalized spacial score (nSPS) is 26.2. The van der Waals surface area contributed by atoms with E-state index in [9.17, 15) is 8.42 Å². The number of rotatable bonds is 6. The second kappa shape index (κ2) is 8.59. The molecule has 0 aromatic rings. The molecule has 130 valence electrons. The van der Waals surface area contributed by atoms with Crippen molar-refractivity contribution >= 4 is 10.2 Å². The number of hydrogen-bond acceptors (Lipinski definition) is 4. The van der Waals surface area contributed by atoms with E-state index in [0.717, 1.165) is 45.3 Å². The molecule has 0 radical (unpaired) electrons. The van der Waals surface area contributed by atoms with Gasteiger partial charge in [0.25, 0.3) is 10.2 Å². The van der Waals surface area contributed by atoms with Crippen LogP contribution in [0.5, 0.6) is 0 Å². The Morgan fingerprint density at radius 1 is 1.14 bits per heavy atom. The van der Waals surface area contributed by atoms with Crippen molar-refractivity contribution in [2.45, 2.75) is 45.6 Å². The molecule has 0 aliphatic carbocycles. The molecule has 2 heterocycles. The highest BCUT2D eigenvalue weighted by molar-refractivity contribution is 7.87. The van der Waals surface area contributed by atoms with Crippen LogP contribution in [0.4, 0.5) is 0 Å². The number of hydrogen-bond donors (Lipinski definition) is 1. The van der Waals surface area contributed by atoms with Gasteiger partial charge < -0.3 is 4.74 Å². The van der Waals surface area contributed by atoms with Gasteiger partial charge in [0.1, 0.15) is 0 Å². The lowest BCUT2D eigenvalue weighted by molar-refractivity contribution is -0.0281. The van der Waals surface area contributed by atoms with Crippen LogP contribution in [-0.2, 0) is 14.9 Å². The predicted molar refractivity (Wildman–Crippen MR) is 88.0 cm³/mol. The number of ether oxygens (including phenoxy) is 1. The molecule has 7 heteroatoms. The standard InChI is InChI=1S/C15H31N3O3S/c1-14(2)12-17-9-10-21-15(13-17)11-16-22(19,20)18-7-5-3-4-6-8-18/h14-16H,3-13H2,1-2H3/t15-/m0/s1. The van der Waals surface area contributed by atoms with Crippen molar-refractivity contribution < 1.29 is 13.2 Å². The highest BCUT2D eigenvalue weighted by Crippen LogP contribution is 2.13. The van der Waals surface area contributed by atoms with E-state index in [1.807, 2.05) is 0 Å². The molecule has 0 bridgehead atoms. The van der Waals surface area contributed by atoms with Crippen LogP contribution in [0.1, 0.15) is 39.5 Å². The average molecular weight is 333 g/mol. The van der Waals surface area contributed by atoms with Crippen LogP contribution in [-0.4, -0.2) is 69.6 Å². The van der Waals surface area contributed by atoms with E-state index in [4.69, 9.17) is 4.74 Å². The van der Waals surface area contributed by atoms with Gasteiger partial charge in [-0.2, -0.15) is 17.4 Å². The van der Waals surface area contributed by atoms with Crippen molar-refractivity contribution in [1.82, 2.24) is 13.9 Å². The summed E-state index contributed by atoms with van der Waals surface area (Å²) in [4.78, 5) is 2.36. The van der Waals surface area contributed by atoms with Crippen LogP contribution in [0.25, 0.3) is 0 Å². The molecule has 0 spiro atoms. The highest BCUT2D eigenvalue weighted by atomic mass is 32.2. The van der Waals surface area contributed by atoms with Gasteiger partial charge in [-0.3, -0.25) is 4.90 Å². The smallest absolute Gasteiger partial charge is 0.279 e. The molecule has 2 aliphatic heterocycles. The lowest BCUT2D eigenvalue weighted by Gasteiger charge is -2.34. The van der Waals surface area contributed by atoms with Crippen LogP contribution < -0.4 is 4.72 Å². The Labute approximate surface area is 135 Å². The van der Waals surface area contributed by atoms with E-state index in [2.05, 4.69) is 23.5 Å². The van der Waals surface area contributed by atoms with E-state index < -0.39 is 10.2 Å². The third kappa shape index (κ3) is 5.77. The third-order valence-corrected chi connectivity index (χ3v) is 5.82. The first-order valence-electron chi connectivity index (χ1n) is 8.56. The maximum atomic E-state index is 12.4. The molecule has 0 aromatic carbocycles. The minimum absolute atomic E-state index is 0.0470. The summed E-state index contributed by atoms with van der Waals surface area (Å²) in [7, 11) is -3.36. The van der Waals surface area contributed by atoms with Gasteiger partial charge in [-0.1, -0.05) is 26.7 Å². The van der Waals surface area contributed by atoms with E-state index in [0.29, 0.717) is 32.2 Å². The van der Waals surface area contributed by atoms with Gasteiger partial charge in [0.05, 0.1) is 12.7 Å². The molecule has 2 rings (SSSR count). The molecule has 0 unspecified atom stereocenters. The first-order valence-corrected chi connectivity index (χ1v) is 10.00. The third-order valence-electron chi connectivity index (χ3n) is 4.24. The van der Waals surface area contributed by atoms with Crippen LogP contribution in [0.15, 0.2) is 0 Å². The van der Waals surface area contributed by atoms with Crippen LogP contribution >= 0.6 is 0 Å². The Kier molecular flexibility index (Phi) is 7.08. The summed E-state index contributed by atoms with van der Waals surface area (Å²) < 4.78 is 34.8. The summed E-state index contributed by atoms with van der Waals surface area (Å²) in [6, 6.07) is 0. The van der Waals surface area contributed by atoms with Crippen molar-refractivity contribution in [1.29, 1.82) is 0 Å². The molecule has 1 N–H and O–H groups in total. The lowest BCUT2D eigenvalue weighted by atomic mass is 10.2. The molecule has 2 saturated heterocycles. The van der Waals surface area contributed by atoms with Gasteiger partial charge in [0.15, 0.2) is 0 Å². The predicted octanol–water partition coefficient (Wildman–Crippen LogP) is 1.05. The molecule has 0 aromatic heterocycles. The topological polar surface area (TPSA) is 61.9 Å². The van der Waals surface area contributed by atoms with Gasteiger partial charge >= 0.3 is 0 Å². The van der Waals surface area contributed by atoms with E-state index in [1.165, 1.54) is 0 Å². The Bertz CT molecular complexity index is 420. The minimum Gasteiger partial charge on any atom is -0.374 e. The fourth-order valence-corrected chi connectivity index (χ4v) is 4.48. The minimum atomic E-state index is -3.36. The molecule has 0 amide bonds. The van der Waals surface area contributed by atoms with Crippen molar-refractivity contribution in [2.24, 2.45) is 5.92 Å². The molecule has 1 atom stereocenters. The molecule has 0 saturated carbocycles. The van der Waals surface area contributed by atoms with Gasteiger partial charge in [-0.15, -0.1) is 0 Å². The van der Waals surface area contributed by atoms with Crippen molar-refractivity contribution in [3.05, 3.63) is 0 Å². The van der Waals surface area contributed by atoms with Gasteiger partial charge in [0.2, 0.25) is 0 Å². The van der Waals surface area contributed by atoms with Gasteiger partial charge in [-0.05, 0) is 18.8 Å². The molecular formula is C15H31N3O3S. The summed E-state index contributed by atoms with van der Waals surface area (Å²) in [5.41, 5.74) is 0. The van der Waals surface area contributed by atoms with Crippen molar-refractivity contribution in [3.8, 4) is 0 Å². The first-order chi connectivity index (χ1) is 10.5. The second-order valence-electron chi connectivity index (χ2n) is 6.81. The molecule has 2 aliphatic rings. The van der Waals surface area contributed by atoms with Crippen LogP contribution in [0.2, 0.25) is 0 Å². The van der Waals surface area contributed by atoms with Crippen LogP contribution in [0.3, 0.4) is 0 Å². The molecular weight excluding hydrogens is 302 g/mol. The first kappa shape index (κ1) is 18.1. The fraction of sp³-hybridized carbons (Fsp3) is 1.00. The Morgan fingerprint density at radius 3 is 2.45 bits per heavy atom. The Morgan fingerprint density at radius 2 is 1.82 bits per heavy atom. The van der Waals surface area contributed by atoms with Crippen molar-refractivity contribution in [3.63, 3.8) is 0 Å².